The third kappa shape index (κ3) is 3.59. The molecule has 1 heterocycles. The highest BCUT2D eigenvalue weighted by Crippen LogP contribution is 2.10. The normalized spacial score (nSPS) is 12.4. The lowest BCUT2D eigenvalue weighted by atomic mass is 10.0. The van der Waals surface area contributed by atoms with Crippen molar-refractivity contribution in [1.82, 2.24) is 5.32 Å². The van der Waals surface area contributed by atoms with Gasteiger partial charge in [-0.05, 0) is 12.0 Å². The van der Waals surface area contributed by atoms with E-state index in [9.17, 15) is 9.59 Å². The van der Waals surface area contributed by atoms with Crippen molar-refractivity contribution in [2.75, 3.05) is 7.11 Å². The van der Waals surface area contributed by atoms with E-state index in [0.29, 0.717) is 5.76 Å². The van der Waals surface area contributed by atoms with Crippen LogP contribution in [0.2, 0.25) is 0 Å². The summed E-state index contributed by atoms with van der Waals surface area (Å²) in [6.07, 6.45) is 1.17. The zero-order valence-corrected chi connectivity index (χ0v) is 10.6. The summed E-state index contributed by atoms with van der Waals surface area (Å²) in [4.78, 5) is 22.1. The van der Waals surface area contributed by atoms with Crippen molar-refractivity contribution in [1.29, 1.82) is 0 Å². The lowest BCUT2D eigenvalue weighted by Gasteiger charge is -2.18. The van der Waals surface area contributed by atoms with Crippen LogP contribution in [0.15, 0.2) is 16.7 Å². The number of aromatic carboxylic acids is 1. The van der Waals surface area contributed by atoms with Crippen LogP contribution in [0.5, 0.6) is 0 Å². The summed E-state index contributed by atoms with van der Waals surface area (Å²) in [5.41, 5.74) is 0.0889. The van der Waals surface area contributed by atoms with Crippen molar-refractivity contribution in [2.24, 2.45) is 5.92 Å². The Hall–Kier alpha value is -1.82. The molecular weight excluding hydrogens is 238 g/mol. The molecule has 0 aliphatic carbocycles. The fourth-order valence-corrected chi connectivity index (χ4v) is 1.51. The van der Waals surface area contributed by atoms with Crippen molar-refractivity contribution >= 4 is 11.9 Å². The predicted molar refractivity (Wildman–Crippen MR) is 63.1 cm³/mol. The van der Waals surface area contributed by atoms with Gasteiger partial charge < -0.3 is 14.3 Å². The molecule has 0 aromatic carbocycles. The Kier molecular flexibility index (Phi) is 4.91. The molecule has 18 heavy (non-hydrogen) atoms. The standard InChI is InChI=1S/C12H17NO5/c1-7(2)10(12(16)17-3)13-5-9-4-8(6-18-9)11(14)15/h4,6-7,10,13H,5H2,1-3H3,(H,14,15). The molecular formula is C12H17NO5. The first-order valence-corrected chi connectivity index (χ1v) is 5.57. The fraction of sp³-hybridized carbons (Fsp3) is 0.500. The minimum atomic E-state index is -1.04. The first-order valence-electron chi connectivity index (χ1n) is 5.57. The highest BCUT2D eigenvalue weighted by atomic mass is 16.5. The zero-order valence-electron chi connectivity index (χ0n) is 10.6. The Balaban J connectivity index is 2.61. The van der Waals surface area contributed by atoms with Gasteiger partial charge in [-0.15, -0.1) is 0 Å². The molecule has 0 saturated heterocycles. The number of hydrogen-bond acceptors (Lipinski definition) is 5. The van der Waals surface area contributed by atoms with E-state index in [1.54, 1.807) is 0 Å². The molecule has 1 atom stereocenters. The highest BCUT2D eigenvalue weighted by Gasteiger charge is 2.22. The second-order valence-electron chi connectivity index (χ2n) is 4.23. The Labute approximate surface area is 105 Å². The lowest BCUT2D eigenvalue weighted by molar-refractivity contribution is -0.144. The first-order chi connectivity index (χ1) is 8.45. The molecule has 0 aliphatic rings. The molecule has 6 heteroatoms. The summed E-state index contributed by atoms with van der Waals surface area (Å²) in [5, 5.41) is 11.7. The minimum Gasteiger partial charge on any atom is -0.478 e. The Morgan fingerprint density at radius 2 is 2.17 bits per heavy atom. The van der Waals surface area contributed by atoms with Gasteiger partial charge in [0.2, 0.25) is 0 Å². The van der Waals surface area contributed by atoms with Crippen LogP contribution in [0.1, 0.15) is 30.0 Å². The Morgan fingerprint density at radius 1 is 1.50 bits per heavy atom. The Morgan fingerprint density at radius 3 is 2.61 bits per heavy atom. The summed E-state index contributed by atoms with van der Waals surface area (Å²) in [6, 6.07) is 0.970. The average Bonchev–Trinajstić information content (AvgIpc) is 2.77. The average molecular weight is 255 g/mol. The molecule has 0 bridgehead atoms. The van der Waals surface area contributed by atoms with Gasteiger partial charge in [-0.2, -0.15) is 0 Å². The SMILES string of the molecule is COC(=O)C(NCc1cc(C(=O)O)co1)C(C)C. The molecule has 6 nitrogen and oxygen atoms in total. The lowest BCUT2D eigenvalue weighted by Crippen LogP contribution is -2.41. The zero-order chi connectivity index (χ0) is 13.7. The van der Waals surface area contributed by atoms with E-state index in [1.807, 2.05) is 13.8 Å². The van der Waals surface area contributed by atoms with Crippen LogP contribution in [0.3, 0.4) is 0 Å². The van der Waals surface area contributed by atoms with Crippen molar-refractivity contribution in [3.05, 3.63) is 23.7 Å². The summed E-state index contributed by atoms with van der Waals surface area (Å²) < 4.78 is 9.75. The number of carboxylic acid groups (broad SMARTS) is 1. The molecule has 0 radical (unpaired) electrons. The minimum absolute atomic E-state index is 0.0614. The molecule has 2 N–H and O–H groups in total. The molecule has 0 aliphatic heterocycles. The number of esters is 1. The van der Waals surface area contributed by atoms with Crippen molar-refractivity contribution in [2.45, 2.75) is 26.4 Å². The largest absolute Gasteiger partial charge is 0.478 e. The summed E-state index contributed by atoms with van der Waals surface area (Å²) in [7, 11) is 1.33. The molecule has 1 aromatic rings. The molecule has 0 fully saturated rings. The van der Waals surface area contributed by atoms with Crippen LogP contribution in [0.4, 0.5) is 0 Å². The number of ether oxygens (including phenoxy) is 1. The second-order valence-corrected chi connectivity index (χ2v) is 4.23. The van der Waals surface area contributed by atoms with Crippen LogP contribution >= 0.6 is 0 Å². The monoisotopic (exact) mass is 255 g/mol. The predicted octanol–water partition coefficient (Wildman–Crippen LogP) is 1.26. The maximum Gasteiger partial charge on any atom is 0.338 e. The number of nitrogens with one attached hydrogen (secondary N) is 1. The van der Waals surface area contributed by atoms with E-state index in [2.05, 4.69) is 10.1 Å². The third-order valence-electron chi connectivity index (χ3n) is 2.52. The quantitative estimate of drug-likeness (QED) is 0.744. The number of carbonyl (C=O) groups is 2. The van der Waals surface area contributed by atoms with Gasteiger partial charge in [0.1, 0.15) is 18.1 Å². The van der Waals surface area contributed by atoms with Crippen molar-refractivity contribution in [3.63, 3.8) is 0 Å². The van der Waals surface area contributed by atoms with Gasteiger partial charge in [0.25, 0.3) is 0 Å². The van der Waals surface area contributed by atoms with Crippen molar-refractivity contribution < 1.29 is 23.8 Å². The Bertz CT molecular complexity index is 424. The van der Waals surface area contributed by atoms with E-state index >= 15 is 0 Å². The molecule has 0 saturated carbocycles. The van der Waals surface area contributed by atoms with E-state index in [4.69, 9.17) is 9.52 Å². The van der Waals surface area contributed by atoms with E-state index in [1.165, 1.54) is 19.4 Å². The first kappa shape index (κ1) is 14.2. The van der Waals surface area contributed by atoms with Crippen LogP contribution in [-0.4, -0.2) is 30.2 Å². The molecule has 100 valence electrons. The van der Waals surface area contributed by atoms with Gasteiger partial charge in [0.15, 0.2) is 0 Å². The fourth-order valence-electron chi connectivity index (χ4n) is 1.51. The number of furan rings is 1. The van der Waals surface area contributed by atoms with Gasteiger partial charge in [0.05, 0.1) is 19.2 Å². The van der Waals surface area contributed by atoms with Gasteiger partial charge >= 0.3 is 11.9 Å². The van der Waals surface area contributed by atoms with Gasteiger partial charge in [0, 0.05) is 0 Å². The summed E-state index contributed by atoms with van der Waals surface area (Å²) in [5.74, 6) is -0.873. The van der Waals surface area contributed by atoms with Crippen LogP contribution < -0.4 is 5.32 Å². The van der Waals surface area contributed by atoms with Crippen molar-refractivity contribution in [3.8, 4) is 0 Å². The van der Waals surface area contributed by atoms with E-state index in [0.717, 1.165) is 0 Å². The van der Waals surface area contributed by atoms with Crippen LogP contribution in [-0.2, 0) is 16.1 Å². The maximum absolute atomic E-state index is 11.5. The molecule has 1 rings (SSSR count). The maximum atomic E-state index is 11.5. The van der Waals surface area contributed by atoms with Gasteiger partial charge in [-0.1, -0.05) is 13.8 Å². The number of carbonyl (C=O) groups excluding carboxylic acids is 1. The molecule has 1 aromatic heterocycles. The topological polar surface area (TPSA) is 88.8 Å². The van der Waals surface area contributed by atoms with E-state index in [-0.39, 0.29) is 24.0 Å². The summed E-state index contributed by atoms with van der Waals surface area (Å²) in [6.45, 7) is 4.05. The number of rotatable bonds is 6. The number of hydrogen-bond donors (Lipinski definition) is 2. The van der Waals surface area contributed by atoms with Crippen LogP contribution in [0.25, 0.3) is 0 Å². The van der Waals surface area contributed by atoms with Crippen LogP contribution in [0, 0.1) is 5.92 Å². The van der Waals surface area contributed by atoms with Gasteiger partial charge in [-0.25, -0.2) is 4.79 Å². The van der Waals surface area contributed by atoms with Gasteiger partial charge in [-0.3, -0.25) is 10.1 Å². The molecule has 0 spiro atoms. The smallest absolute Gasteiger partial charge is 0.338 e. The second kappa shape index (κ2) is 6.20. The molecule has 0 amide bonds. The summed E-state index contributed by atoms with van der Waals surface area (Å²) >= 11 is 0. The number of carboxylic acids is 1. The molecule has 1 unspecified atom stereocenters. The highest BCUT2D eigenvalue weighted by molar-refractivity contribution is 5.87. The third-order valence-corrected chi connectivity index (χ3v) is 2.52. The number of methoxy groups -OCH3 is 1. The van der Waals surface area contributed by atoms with E-state index < -0.39 is 12.0 Å².